The number of rotatable bonds is 3. The fourth-order valence-electron chi connectivity index (χ4n) is 2.61. The Kier molecular flexibility index (Phi) is 4.95. The summed E-state index contributed by atoms with van der Waals surface area (Å²) in [5, 5.41) is 9.53. The second-order valence-corrected chi connectivity index (χ2v) is 5.48. The third kappa shape index (κ3) is 3.28. The van der Waals surface area contributed by atoms with Crippen LogP contribution in [-0.4, -0.2) is 54.2 Å². The van der Waals surface area contributed by atoms with E-state index in [4.69, 9.17) is 0 Å². The summed E-state index contributed by atoms with van der Waals surface area (Å²) in [5.74, 6) is 0.805. The molecule has 2 heterocycles. The lowest BCUT2D eigenvalue weighted by molar-refractivity contribution is 0.0827. The Morgan fingerprint density at radius 2 is 2.20 bits per heavy atom. The number of nitrogens with zero attached hydrogens (tertiary/aromatic N) is 3. The Balaban J connectivity index is 2.17. The summed E-state index contributed by atoms with van der Waals surface area (Å²) in [6.07, 6.45) is 6.09. The van der Waals surface area contributed by atoms with E-state index in [2.05, 4.69) is 9.88 Å². The Labute approximate surface area is 120 Å². The van der Waals surface area contributed by atoms with Crippen LogP contribution >= 0.6 is 0 Å². The Hall–Kier alpha value is -1.62. The maximum absolute atomic E-state index is 11.8. The van der Waals surface area contributed by atoms with Gasteiger partial charge in [0, 0.05) is 26.8 Å². The average molecular weight is 277 g/mol. The van der Waals surface area contributed by atoms with Gasteiger partial charge in [-0.1, -0.05) is 12.8 Å². The summed E-state index contributed by atoms with van der Waals surface area (Å²) in [6.45, 7) is 1.07. The molecule has 1 fully saturated rings. The first-order valence-corrected chi connectivity index (χ1v) is 7.18. The highest BCUT2D eigenvalue weighted by atomic mass is 16.3. The number of hydrogen-bond donors (Lipinski definition) is 1. The van der Waals surface area contributed by atoms with Gasteiger partial charge in [0.2, 0.25) is 0 Å². The number of aromatic nitrogens is 1. The van der Waals surface area contributed by atoms with Crippen molar-refractivity contribution in [2.24, 2.45) is 0 Å². The molecule has 0 radical (unpaired) electrons. The lowest BCUT2D eigenvalue weighted by Crippen LogP contribution is -2.38. The number of anilines is 1. The molecule has 110 valence electrons. The molecule has 0 aliphatic carbocycles. The van der Waals surface area contributed by atoms with Gasteiger partial charge >= 0.3 is 0 Å². The largest absolute Gasteiger partial charge is 0.394 e. The van der Waals surface area contributed by atoms with E-state index in [1.807, 2.05) is 12.1 Å². The molecule has 0 spiro atoms. The van der Waals surface area contributed by atoms with E-state index < -0.39 is 0 Å². The SMILES string of the molecule is CN(C)C(=O)c1ccc(N2CCCCCC2CO)nc1. The number of aliphatic hydroxyl groups is 1. The predicted molar refractivity (Wildman–Crippen MR) is 78.9 cm³/mol. The smallest absolute Gasteiger partial charge is 0.254 e. The van der Waals surface area contributed by atoms with Crippen LogP contribution in [0.4, 0.5) is 5.82 Å². The molecule has 1 atom stereocenters. The Morgan fingerprint density at radius 3 is 2.80 bits per heavy atom. The minimum atomic E-state index is -0.0429. The maximum atomic E-state index is 11.8. The molecule has 0 aromatic carbocycles. The number of hydrogen-bond acceptors (Lipinski definition) is 4. The molecule has 1 aliphatic rings. The van der Waals surface area contributed by atoms with Gasteiger partial charge in [0.25, 0.3) is 5.91 Å². The summed E-state index contributed by atoms with van der Waals surface area (Å²) in [4.78, 5) is 20.0. The third-order valence-corrected chi connectivity index (χ3v) is 3.78. The van der Waals surface area contributed by atoms with E-state index in [0.717, 1.165) is 31.6 Å². The molecule has 1 aromatic rings. The number of carbonyl (C=O) groups excluding carboxylic acids is 1. The van der Waals surface area contributed by atoms with Gasteiger partial charge in [-0.2, -0.15) is 0 Å². The Morgan fingerprint density at radius 1 is 1.40 bits per heavy atom. The van der Waals surface area contributed by atoms with Gasteiger partial charge in [0.05, 0.1) is 18.2 Å². The molecule has 1 aliphatic heterocycles. The first kappa shape index (κ1) is 14.8. The lowest BCUT2D eigenvalue weighted by Gasteiger charge is -2.29. The van der Waals surface area contributed by atoms with Crippen molar-refractivity contribution in [3.05, 3.63) is 23.9 Å². The minimum absolute atomic E-state index is 0.0429. The van der Waals surface area contributed by atoms with Gasteiger partial charge in [0.1, 0.15) is 5.82 Å². The summed E-state index contributed by atoms with van der Waals surface area (Å²) in [5.41, 5.74) is 0.592. The topological polar surface area (TPSA) is 56.7 Å². The molecular formula is C15H23N3O2. The van der Waals surface area contributed by atoms with Crippen molar-refractivity contribution >= 4 is 11.7 Å². The summed E-state index contributed by atoms with van der Waals surface area (Å²) in [6, 6.07) is 3.83. The first-order chi connectivity index (χ1) is 9.63. The van der Waals surface area contributed by atoms with Crippen LogP contribution < -0.4 is 4.90 Å². The first-order valence-electron chi connectivity index (χ1n) is 7.18. The van der Waals surface area contributed by atoms with Crippen molar-refractivity contribution in [1.82, 2.24) is 9.88 Å². The summed E-state index contributed by atoms with van der Waals surface area (Å²) >= 11 is 0. The number of pyridine rings is 1. The normalized spacial score (nSPS) is 19.6. The van der Waals surface area contributed by atoms with E-state index in [9.17, 15) is 9.90 Å². The molecule has 0 saturated carbocycles. The van der Waals surface area contributed by atoms with Crippen molar-refractivity contribution in [3.8, 4) is 0 Å². The van der Waals surface area contributed by atoms with Gasteiger partial charge in [0.15, 0.2) is 0 Å². The van der Waals surface area contributed by atoms with E-state index >= 15 is 0 Å². The van der Waals surface area contributed by atoms with Crippen LogP contribution in [0, 0.1) is 0 Å². The summed E-state index contributed by atoms with van der Waals surface area (Å²) < 4.78 is 0. The zero-order valence-corrected chi connectivity index (χ0v) is 12.2. The van der Waals surface area contributed by atoms with Crippen LogP contribution in [-0.2, 0) is 0 Å². The highest BCUT2D eigenvalue weighted by molar-refractivity contribution is 5.93. The fraction of sp³-hybridized carbons (Fsp3) is 0.600. The standard InChI is InChI=1S/C15H23N3O2/c1-17(2)15(20)12-7-8-14(16-10-12)18-9-5-3-4-6-13(18)11-19/h7-8,10,13,19H,3-6,9,11H2,1-2H3. The van der Waals surface area contributed by atoms with Gasteiger partial charge in [-0.25, -0.2) is 4.98 Å². The van der Waals surface area contributed by atoms with E-state index in [1.165, 1.54) is 6.42 Å². The van der Waals surface area contributed by atoms with Gasteiger partial charge in [-0.05, 0) is 25.0 Å². The van der Waals surface area contributed by atoms with Crippen LogP contribution in [0.1, 0.15) is 36.0 Å². The second kappa shape index (κ2) is 6.70. The molecule has 5 heteroatoms. The van der Waals surface area contributed by atoms with Crippen molar-refractivity contribution in [2.45, 2.75) is 31.7 Å². The van der Waals surface area contributed by atoms with Gasteiger partial charge in [-0.15, -0.1) is 0 Å². The molecule has 1 saturated heterocycles. The zero-order valence-electron chi connectivity index (χ0n) is 12.2. The monoisotopic (exact) mass is 277 g/mol. The van der Waals surface area contributed by atoms with Crippen molar-refractivity contribution in [1.29, 1.82) is 0 Å². The van der Waals surface area contributed by atoms with E-state index in [0.29, 0.717) is 5.56 Å². The third-order valence-electron chi connectivity index (χ3n) is 3.78. The highest BCUT2D eigenvalue weighted by Gasteiger charge is 2.21. The highest BCUT2D eigenvalue weighted by Crippen LogP contribution is 2.22. The van der Waals surface area contributed by atoms with Crippen LogP contribution in [0.15, 0.2) is 18.3 Å². The lowest BCUT2D eigenvalue weighted by atomic mass is 10.1. The van der Waals surface area contributed by atoms with Crippen LogP contribution in [0.25, 0.3) is 0 Å². The van der Waals surface area contributed by atoms with Gasteiger partial charge in [-0.3, -0.25) is 4.79 Å². The van der Waals surface area contributed by atoms with E-state index in [1.54, 1.807) is 25.2 Å². The predicted octanol–water partition coefficient (Wildman–Crippen LogP) is 1.52. The quantitative estimate of drug-likeness (QED) is 0.910. The maximum Gasteiger partial charge on any atom is 0.254 e. The molecule has 20 heavy (non-hydrogen) atoms. The Bertz CT molecular complexity index is 445. The molecule has 1 amide bonds. The van der Waals surface area contributed by atoms with Gasteiger partial charge < -0.3 is 14.9 Å². The van der Waals surface area contributed by atoms with Crippen LogP contribution in [0.3, 0.4) is 0 Å². The molecule has 5 nitrogen and oxygen atoms in total. The van der Waals surface area contributed by atoms with Crippen LogP contribution in [0.2, 0.25) is 0 Å². The number of carbonyl (C=O) groups is 1. The fourth-order valence-corrected chi connectivity index (χ4v) is 2.61. The second-order valence-electron chi connectivity index (χ2n) is 5.48. The zero-order chi connectivity index (χ0) is 14.5. The van der Waals surface area contributed by atoms with Crippen molar-refractivity contribution in [3.63, 3.8) is 0 Å². The minimum Gasteiger partial charge on any atom is -0.394 e. The van der Waals surface area contributed by atoms with Crippen LogP contribution in [0.5, 0.6) is 0 Å². The molecule has 1 aromatic heterocycles. The van der Waals surface area contributed by atoms with Crippen molar-refractivity contribution in [2.75, 3.05) is 32.1 Å². The number of amides is 1. The molecule has 1 N–H and O–H groups in total. The molecule has 2 rings (SSSR count). The van der Waals surface area contributed by atoms with Crippen molar-refractivity contribution < 1.29 is 9.90 Å². The summed E-state index contributed by atoms with van der Waals surface area (Å²) in [7, 11) is 3.46. The molecular weight excluding hydrogens is 254 g/mol. The van der Waals surface area contributed by atoms with E-state index in [-0.39, 0.29) is 18.6 Å². The molecule has 1 unspecified atom stereocenters. The molecule has 0 bridgehead atoms. The average Bonchev–Trinajstić information content (AvgIpc) is 2.71. The number of aliphatic hydroxyl groups excluding tert-OH is 1.